The van der Waals surface area contributed by atoms with E-state index < -0.39 is 0 Å². The van der Waals surface area contributed by atoms with Crippen LogP contribution in [0.1, 0.15) is 5.56 Å². The standard InChI is InChI=1S/C23H19N3O4S3/c1-29-17-9-8-14(10-18(17)30-2)11-19-21(28)26(23(31)33-19)12-20(27)25-22-24-16(13-32-22)15-6-4-3-5-7-15/h3-11,13H,12H2,1-2H3,(H,24,25,27). The molecule has 2 heterocycles. The summed E-state index contributed by atoms with van der Waals surface area (Å²) < 4.78 is 10.9. The van der Waals surface area contributed by atoms with E-state index in [1.54, 1.807) is 32.4 Å². The number of anilines is 1. The van der Waals surface area contributed by atoms with Crippen LogP contribution in [-0.2, 0) is 9.59 Å². The minimum Gasteiger partial charge on any atom is -0.493 e. The Kier molecular flexibility index (Phi) is 7.07. The predicted octanol–water partition coefficient (Wildman–Crippen LogP) is 4.67. The molecule has 0 radical (unpaired) electrons. The predicted molar refractivity (Wildman–Crippen MR) is 136 cm³/mol. The molecule has 7 nitrogen and oxygen atoms in total. The van der Waals surface area contributed by atoms with E-state index in [9.17, 15) is 9.59 Å². The first-order chi connectivity index (χ1) is 16.0. The smallest absolute Gasteiger partial charge is 0.266 e. The summed E-state index contributed by atoms with van der Waals surface area (Å²) >= 11 is 7.82. The fraction of sp³-hybridized carbons (Fsp3) is 0.130. The second-order valence-electron chi connectivity index (χ2n) is 6.83. The highest BCUT2D eigenvalue weighted by Crippen LogP contribution is 2.34. The zero-order chi connectivity index (χ0) is 23.4. The minimum absolute atomic E-state index is 0.186. The largest absolute Gasteiger partial charge is 0.493 e. The second kappa shape index (κ2) is 10.2. The molecule has 2 aromatic carbocycles. The number of hydrogen-bond donors (Lipinski definition) is 1. The van der Waals surface area contributed by atoms with Gasteiger partial charge in [-0.3, -0.25) is 14.5 Å². The number of aromatic nitrogens is 1. The molecule has 1 fully saturated rings. The van der Waals surface area contributed by atoms with Gasteiger partial charge in [-0.25, -0.2) is 4.98 Å². The molecule has 1 N–H and O–H groups in total. The van der Waals surface area contributed by atoms with Crippen LogP contribution in [0.2, 0.25) is 0 Å². The van der Waals surface area contributed by atoms with Gasteiger partial charge in [-0.2, -0.15) is 0 Å². The number of methoxy groups -OCH3 is 2. The van der Waals surface area contributed by atoms with Crippen molar-refractivity contribution in [3.05, 3.63) is 64.4 Å². The van der Waals surface area contributed by atoms with Crippen LogP contribution in [-0.4, -0.2) is 46.8 Å². The fourth-order valence-electron chi connectivity index (χ4n) is 3.11. The highest BCUT2D eigenvalue weighted by atomic mass is 32.2. The van der Waals surface area contributed by atoms with Crippen LogP contribution in [0.3, 0.4) is 0 Å². The number of rotatable bonds is 7. The summed E-state index contributed by atoms with van der Waals surface area (Å²) in [6.45, 7) is -0.186. The summed E-state index contributed by atoms with van der Waals surface area (Å²) in [4.78, 5) is 31.6. The van der Waals surface area contributed by atoms with Crippen molar-refractivity contribution in [2.75, 3.05) is 26.1 Å². The molecule has 33 heavy (non-hydrogen) atoms. The Hall–Kier alpha value is -3.21. The van der Waals surface area contributed by atoms with E-state index in [0.717, 1.165) is 28.6 Å². The van der Waals surface area contributed by atoms with E-state index in [1.807, 2.05) is 41.8 Å². The van der Waals surface area contributed by atoms with Crippen LogP contribution in [0.25, 0.3) is 17.3 Å². The molecule has 1 aliphatic heterocycles. The lowest BCUT2D eigenvalue weighted by Crippen LogP contribution is -2.36. The van der Waals surface area contributed by atoms with Gasteiger partial charge in [0.1, 0.15) is 10.9 Å². The maximum Gasteiger partial charge on any atom is 0.266 e. The van der Waals surface area contributed by atoms with E-state index in [4.69, 9.17) is 21.7 Å². The SMILES string of the molecule is COc1ccc(C=C2SC(=S)N(CC(=O)Nc3nc(-c4ccccc4)cs3)C2=O)cc1OC. The van der Waals surface area contributed by atoms with Crippen molar-refractivity contribution >= 4 is 62.7 Å². The lowest BCUT2D eigenvalue weighted by Gasteiger charge is -2.13. The van der Waals surface area contributed by atoms with Gasteiger partial charge in [-0.05, 0) is 23.8 Å². The molecule has 3 aromatic rings. The zero-order valence-electron chi connectivity index (χ0n) is 17.7. The van der Waals surface area contributed by atoms with Crippen LogP contribution in [0.4, 0.5) is 5.13 Å². The maximum absolute atomic E-state index is 12.9. The highest BCUT2D eigenvalue weighted by Gasteiger charge is 2.33. The highest BCUT2D eigenvalue weighted by molar-refractivity contribution is 8.26. The number of thiocarbonyl (C=S) groups is 1. The lowest BCUT2D eigenvalue weighted by atomic mass is 10.2. The Labute approximate surface area is 204 Å². The Balaban J connectivity index is 1.42. The van der Waals surface area contributed by atoms with Crippen LogP contribution in [0, 0.1) is 0 Å². The van der Waals surface area contributed by atoms with E-state index in [2.05, 4.69) is 10.3 Å². The summed E-state index contributed by atoms with van der Waals surface area (Å²) in [6, 6.07) is 15.0. The van der Waals surface area contributed by atoms with E-state index in [-0.39, 0.29) is 18.4 Å². The molecule has 0 aliphatic carbocycles. The van der Waals surface area contributed by atoms with Gasteiger partial charge in [-0.15, -0.1) is 11.3 Å². The average molecular weight is 498 g/mol. The molecule has 1 aliphatic rings. The van der Waals surface area contributed by atoms with Crippen molar-refractivity contribution < 1.29 is 19.1 Å². The van der Waals surface area contributed by atoms with Crippen molar-refractivity contribution in [1.82, 2.24) is 9.88 Å². The second-order valence-corrected chi connectivity index (χ2v) is 9.37. The summed E-state index contributed by atoms with van der Waals surface area (Å²) in [5, 5.41) is 5.08. The first-order valence-electron chi connectivity index (χ1n) is 9.76. The molecular weight excluding hydrogens is 478 g/mol. The first kappa shape index (κ1) is 23.0. The molecule has 168 valence electrons. The Bertz CT molecular complexity index is 1240. The molecule has 2 amide bonds. The molecule has 0 bridgehead atoms. The molecule has 0 saturated carbocycles. The molecular formula is C23H19N3O4S3. The Morgan fingerprint density at radius 3 is 2.64 bits per heavy atom. The van der Waals surface area contributed by atoms with Gasteiger partial charge in [0.15, 0.2) is 16.6 Å². The molecule has 0 spiro atoms. The van der Waals surface area contributed by atoms with Gasteiger partial charge in [-0.1, -0.05) is 60.4 Å². The third-order valence-corrected chi connectivity index (χ3v) is 6.84. The Morgan fingerprint density at radius 1 is 1.15 bits per heavy atom. The van der Waals surface area contributed by atoms with Crippen molar-refractivity contribution in [3.63, 3.8) is 0 Å². The third-order valence-electron chi connectivity index (χ3n) is 4.70. The number of carbonyl (C=O) groups excluding carboxylic acids is 2. The van der Waals surface area contributed by atoms with Crippen molar-refractivity contribution in [3.8, 4) is 22.8 Å². The number of ether oxygens (including phenoxy) is 2. The average Bonchev–Trinajstić information content (AvgIpc) is 3.39. The quantitative estimate of drug-likeness (QED) is 0.375. The number of thioether (sulfide) groups is 1. The lowest BCUT2D eigenvalue weighted by molar-refractivity contribution is -0.126. The minimum atomic E-state index is -0.368. The van der Waals surface area contributed by atoms with Gasteiger partial charge < -0.3 is 14.8 Å². The normalized spacial score (nSPS) is 14.6. The van der Waals surface area contributed by atoms with E-state index in [0.29, 0.717) is 25.9 Å². The van der Waals surface area contributed by atoms with Gasteiger partial charge in [0, 0.05) is 10.9 Å². The van der Waals surface area contributed by atoms with Gasteiger partial charge in [0.25, 0.3) is 5.91 Å². The summed E-state index contributed by atoms with van der Waals surface area (Å²) in [6.07, 6.45) is 1.71. The van der Waals surface area contributed by atoms with E-state index in [1.165, 1.54) is 16.2 Å². The van der Waals surface area contributed by atoms with Gasteiger partial charge >= 0.3 is 0 Å². The molecule has 0 atom stereocenters. The van der Waals surface area contributed by atoms with Crippen LogP contribution < -0.4 is 14.8 Å². The van der Waals surface area contributed by atoms with Crippen molar-refractivity contribution in [1.29, 1.82) is 0 Å². The number of carbonyl (C=O) groups is 2. The summed E-state index contributed by atoms with van der Waals surface area (Å²) in [5.41, 5.74) is 2.50. The first-order valence-corrected chi connectivity index (χ1v) is 11.9. The summed E-state index contributed by atoms with van der Waals surface area (Å²) in [5.74, 6) is 0.461. The number of nitrogens with one attached hydrogen (secondary N) is 1. The van der Waals surface area contributed by atoms with Crippen molar-refractivity contribution in [2.24, 2.45) is 0 Å². The van der Waals surface area contributed by atoms with Crippen LogP contribution in [0.15, 0.2) is 58.8 Å². The number of thiazole rings is 1. The van der Waals surface area contributed by atoms with Crippen molar-refractivity contribution in [2.45, 2.75) is 0 Å². The topological polar surface area (TPSA) is 80.8 Å². The van der Waals surface area contributed by atoms with Crippen LogP contribution >= 0.6 is 35.3 Å². The van der Waals surface area contributed by atoms with Crippen LogP contribution in [0.5, 0.6) is 11.5 Å². The summed E-state index contributed by atoms with van der Waals surface area (Å²) in [7, 11) is 3.10. The monoisotopic (exact) mass is 497 g/mol. The molecule has 0 unspecified atom stereocenters. The molecule has 1 aromatic heterocycles. The number of hydrogen-bond acceptors (Lipinski definition) is 8. The zero-order valence-corrected chi connectivity index (χ0v) is 20.2. The molecule has 4 rings (SSSR count). The molecule has 1 saturated heterocycles. The van der Waals surface area contributed by atoms with Gasteiger partial charge in [0.2, 0.25) is 5.91 Å². The maximum atomic E-state index is 12.9. The number of amides is 2. The van der Waals surface area contributed by atoms with Gasteiger partial charge in [0.05, 0.1) is 24.8 Å². The fourth-order valence-corrected chi connectivity index (χ4v) is 5.10. The molecule has 10 heteroatoms. The third kappa shape index (κ3) is 5.24. The number of benzene rings is 2. The Morgan fingerprint density at radius 2 is 1.91 bits per heavy atom. The number of nitrogens with zero attached hydrogens (tertiary/aromatic N) is 2. The van der Waals surface area contributed by atoms with E-state index >= 15 is 0 Å².